The van der Waals surface area contributed by atoms with Gasteiger partial charge in [0.1, 0.15) is 13.2 Å². The fourth-order valence-electron chi connectivity index (χ4n) is 6.75. The number of rotatable bonds is 40. The van der Waals surface area contributed by atoms with Gasteiger partial charge in [-0.25, -0.2) is 0 Å². The first-order chi connectivity index (χ1) is 25.2. The van der Waals surface area contributed by atoms with Crippen LogP contribution in [0.1, 0.15) is 247 Å². The molecule has 0 bridgehead atoms. The van der Waals surface area contributed by atoms with E-state index in [0.29, 0.717) is 19.3 Å². The van der Waals surface area contributed by atoms with Gasteiger partial charge in [-0.05, 0) is 31.1 Å². The molecule has 0 aliphatic carbocycles. The summed E-state index contributed by atoms with van der Waals surface area (Å²) < 4.78 is 16.6. The fourth-order valence-corrected chi connectivity index (χ4v) is 6.75. The quantitative estimate of drug-likeness (QED) is 0.0354. The summed E-state index contributed by atoms with van der Waals surface area (Å²) >= 11 is 0. The van der Waals surface area contributed by atoms with Gasteiger partial charge in [-0.2, -0.15) is 0 Å². The summed E-state index contributed by atoms with van der Waals surface area (Å²) in [6.07, 6.45) is 37.0. The molecule has 0 saturated heterocycles. The zero-order chi connectivity index (χ0) is 38.3. The molecule has 6 heteroatoms. The van der Waals surface area contributed by atoms with Crippen LogP contribution in [-0.4, -0.2) is 37.2 Å². The molecule has 52 heavy (non-hydrogen) atoms. The molecule has 0 radical (unpaired) electrons. The monoisotopic (exact) mass is 737 g/mol. The molecule has 0 saturated carbocycles. The van der Waals surface area contributed by atoms with Crippen LogP contribution in [-0.2, 0) is 28.6 Å². The van der Waals surface area contributed by atoms with E-state index in [1.807, 2.05) is 0 Å². The molecule has 0 unspecified atom stereocenters. The molecule has 0 amide bonds. The van der Waals surface area contributed by atoms with Crippen LogP contribution >= 0.6 is 0 Å². The van der Waals surface area contributed by atoms with Gasteiger partial charge in [0.2, 0.25) is 0 Å². The Kier molecular flexibility index (Phi) is 37.9. The first-order valence-corrected chi connectivity index (χ1v) is 22.7. The third-order valence-electron chi connectivity index (χ3n) is 10.2. The van der Waals surface area contributed by atoms with Crippen LogP contribution in [0.5, 0.6) is 0 Å². The second kappa shape index (κ2) is 39.1. The average Bonchev–Trinajstić information content (AvgIpc) is 3.11. The summed E-state index contributed by atoms with van der Waals surface area (Å²) in [5.41, 5.74) is 0. The van der Waals surface area contributed by atoms with Gasteiger partial charge in [-0.3, -0.25) is 14.4 Å². The van der Waals surface area contributed by atoms with Crippen molar-refractivity contribution in [2.75, 3.05) is 13.2 Å². The zero-order valence-electron chi connectivity index (χ0n) is 35.4. The first-order valence-electron chi connectivity index (χ1n) is 22.7. The summed E-state index contributed by atoms with van der Waals surface area (Å²) in [6, 6.07) is 0. The second-order valence-electron chi connectivity index (χ2n) is 16.6. The van der Waals surface area contributed by atoms with Gasteiger partial charge in [0.25, 0.3) is 0 Å². The lowest BCUT2D eigenvalue weighted by molar-refractivity contribution is -0.167. The van der Waals surface area contributed by atoms with E-state index in [2.05, 4.69) is 34.6 Å². The minimum Gasteiger partial charge on any atom is -0.462 e. The molecule has 0 aliphatic heterocycles. The molecule has 1 atom stereocenters. The largest absolute Gasteiger partial charge is 0.462 e. The molecule has 0 aliphatic rings. The highest BCUT2D eigenvalue weighted by Gasteiger charge is 2.19. The molecule has 0 aromatic carbocycles. The van der Waals surface area contributed by atoms with Crippen molar-refractivity contribution in [1.82, 2.24) is 0 Å². The van der Waals surface area contributed by atoms with Crippen molar-refractivity contribution < 1.29 is 28.6 Å². The Balaban J connectivity index is 4.13. The lowest BCUT2D eigenvalue weighted by Gasteiger charge is -2.18. The normalized spacial score (nSPS) is 12.1. The average molecular weight is 737 g/mol. The van der Waals surface area contributed by atoms with Crippen molar-refractivity contribution in [3.05, 3.63) is 0 Å². The number of ether oxygens (including phenoxy) is 3. The fraction of sp³-hybridized carbons (Fsp3) is 0.935. The summed E-state index contributed by atoms with van der Waals surface area (Å²) in [5.74, 6) is 0.770. The Morgan fingerprint density at radius 3 is 0.942 bits per heavy atom. The van der Waals surface area contributed by atoms with E-state index in [0.717, 1.165) is 76.0 Å². The topological polar surface area (TPSA) is 78.9 Å². The third kappa shape index (κ3) is 39.6. The van der Waals surface area contributed by atoms with E-state index >= 15 is 0 Å². The minimum atomic E-state index is -0.758. The molecule has 0 aromatic rings. The van der Waals surface area contributed by atoms with Gasteiger partial charge in [-0.1, -0.05) is 208 Å². The van der Waals surface area contributed by atoms with E-state index in [4.69, 9.17) is 14.2 Å². The molecular weight excluding hydrogens is 649 g/mol. The lowest BCUT2D eigenvalue weighted by Crippen LogP contribution is -2.30. The van der Waals surface area contributed by atoms with Gasteiger partial charge in [0.05, 0.1) is 0 Å². The maximum absolute atomic E-state index is 12.6. The zero-order valence-corrected chi connectivity index (χ0v) is 35.4. The van der Waals surface area contributed by atoms with E-state index in [1.165, 1.54) is 128 Å². The van der Waals surface area contributed by atoms with Crippen LogP contribution in [0.4, 0.5) is 0 Å². The SMILES string of the molecule is CCCCCCCC(=O)OC[C@H](COC(=O)CCCCCCCCCCCCCCCCCC(C)C)OC(=O)CCCCCCCCCCC(C)C. The molecule has 0 N–H and O–H groups in total. The standard InChI is InChI=1S/C46H88O6/c1-6-7-8-24-31-36-44(47)50-39-43(52-46(49)38-33-28-23-19-18-21-26-30-35-42(4)5)40-51-45(48)37-32-27-22-17-15-13-11-9-10-12-14-16-20-25-29-34-41(2)3/h41-43H,6-40H2,1-5H3/t43-/m1/s1. The van der Waals surface area contributed by atoms with Gasteiger partial charge in [0.15, 0.2) is 6.10 Å². The van der Waals surface area contributed by atoms with Crippen LogP contribution in [0.2, 0.25) is 0 Å². The number of esters is 3. The van der Waals surface area contributed by atoms with E-state index in [-0.39, 0.29) is 31.1 Å². The molecule has 0 aromatic heterocycles. The van der Waals surface area contributed by atoms with Crippen LogP contribution < -0.4 is 0 Å². The van der Waals surface area contributed by atoms with Gasteiger partial charge in [-0.15, -0.1) is 0 Å². The van der Waals surface area contributed by atoms with Gasteiger partial charge >= 0.3 is 17.9 Å². The Labute approximate surface area is 323 Å². The number of carbonyl (C=O) groups is 3. The molecule has 0 heterocycles. The molecule has 0 fully saturated rings. The summed E-state index contributed by atoms with van der Waals surface area (Å²) in [4.78, 5) is 37.4. The maximum Gasteiger partial charge on any atom is 0.306 e. The summed E-state index contributed by atoms with van der Waals surface area (Å²) in [5, 5.41) is 0. The Morgan fingerprint density at radius 1 is 0.365 bits per heavy atom. The second-order valence-corrected chi connectivity index (χ2v) is 16.6. The van der Waals surface area contributed by atoms with Crippen LogP contribution in [0.3, 0.4) is 0 Å². The van der Waals surface area contributed by atoms with Crippen molar-refractivity contribution in [2.24, 2.45) is 11.8 Å². The highest BCUT2D eigenvalue weighted by atomic mass is 16.6. The molecule has 6 nitrogen and oxygen atoms in total. The van der Waals surface area contributed by atoms with E-state index in [9.17, 15) is 14.4 Å². The van der Waals surface area contributed by atoms with Crippen molar-refractivity contribution in [2.45, 2.75) is 253 Å². The van der Waals surface area contributed by atoms with Crippen LogP contribution in [0.15, 0.2) is 0 Å². The minimum absolute atomic E-state index is 0.0660. The van der Waals surface area contributed by atoms with E-state index < -0.39 is 6.10 Å². The number of carbonyl (C=O) groups excluding carboxylic acids is 3. The van der Waals surface area contributed by atoms with Gasteiger partial charge < -0.3 is 14.2 Å². The highest BCUT2D eigenvalue weighted by molar-refractivity contribution is 5.71. The molecule has 0 rings (SSSR count). The maximum atomic E-state index is 12.6. The van der Waals surface area contributed by atoms with Crippen LogP contribution in [0, 0.1) is 11.8 Å². The first kappa shape index (κ1) is 50.4. The predicted molar refractivity (Wildman–Crippen MR) is 220 cm³/mol. The molecular formula is C46H88O6. The Bertz CT molecular complexity index is 794. The number of hydrogen-bond donors (Lipinski definition) is 0. The number of unbranched alkanes of at least 4 members (excludes halogenated alkanes) is 25. The van der Waals surface area contributed by atoms with Crippen molar-refractivity contribution in [3.8, 4) is 0 Å². The molecule has 308 valence electrons. The lowest BCUT2D eigenvalue weighted by atomic mass is 10.0. The predicted octanol–water partition coefficient (Wildman–Crippen LogP) is 14.2. The Morgan fingerprint density at radius 2 is 0.635 bits per heavy atom. The Hall–Kier alpha value is -1.59. The van der Waals surface area contributed by atoms with Crippen LogP contribution in [0.25, 0.3) is 0 Å². The third-order valence-corrected chi connectivity index (χ3v) is 10.2. The van der Waals surface area contributed by atoms with Crippen molar-refractivity contribution >= 4 is 17.9 Å². The summed E-state index contributed by atoms with van der Waals surface area (Å²) in [7, 11) is 0. The van der Waals surface area contributed by atoms with Crippen molar-refractivity contribution in [3.63, 3.8) is 0 Å². The van der Waals surface area contributed by atoms with Gasteiger partial charge in [0, 0.05) is 19.3 Å². The summed E-state index contributed by atoms with van der Waals surface area (Å²) in [6.45, 7) is 11.2. The smallest absolute Gasteiger partial charge is 0.306 e. The highest BCUT2D eigenvalue weighted by Crippen LogP contribution is 2.17. The van der Waals surface area contributed by atoms with Crippen molar-refractivity contribution in [1.29, 1.82) is 0 Å². The molecule has 0 spiro atoms. The number of hydrogen-bond acceptors (Lipinski definition) is 6. The van der Waals surface area contributed by atoms with E-state index in [1.54, 1.807) is 0 Å².